The summed E-state index contributed by atoms with van der Waals surface area (Å²) in [5.74, 6) is 0.0721. The third kappa shape index (κ3) is 2.39. The molecule has 1 atom stereocenters. The first-order valence-electron chi connectivity index (χ1n) is 7.05. The van der Waals surface area contributed by atoms with Crippen LogP contribution >= 0.6 is 0 Å². The fraction of sp³-hybridized carbons (Fsp3) is 0.375. The van der Waals surface area contributed by atoms with Crippen molar-refractivity contribution in [1.82, 2.24) is 10.3 Å². The molecule has 1 aromatic carbocycles. The summed E-state index contributed by atoms with van der Waals surface area (Å²) in [6.07, 6.45) is 3.71. The summed E-state index contributed by atoms with van der Waals surface area (Å²) in [7, 11) is 0. The molecule has 4 heteroatoms. The van der Waals surface area contributed by atoms with E-state index < -0.39 is 0 Å². The summed E-state index contributed by atoms with van der Waals surface area (Å²) in [5.41, 5.74) is 1.30. The molecule has 1 aromatic heterocycles. The minimum absolute atomic E-state index is 0.0721. The minimum atomic E-state index is -0.338. The Kier molecular flexibility index (Phi) is 3.40. The third-order valence-corrected chi connectivity index (χ3v) is 4.03. The van der Waals surface area contributed by atoms with Gasteiger partial charge in [0.05, 0.1) is 16.6 Å². The van der Waals surface area contributed by atoms with Gasteiger partial charge in [0.25, 0.3) is 0 Å². The molecule has 20 heavy (non-hydrogen) atoms. The van der Waals surface area contributed by atoms with Gasteiger partial charge in [0.1, 0.15) is 0 Å². The van der Waals surface area contributed by atoms with Crippen LogP contribution < -0.4 is 10.6 Å². The highest BCUT2D eigenvalue weighted by Crippen LogP contribution is 2.29. The smallest absolute Gasteiger partial charge is 0.231 e. The van der Waals surface area contributed by atoms with Crippen LogP contribution in [-0.2, 0) is 4.79 Å². The molecular formula is C16H19N3O. The van der Waals surface area contributed by atoms with Gasteiger partial charge in [-0.1, -0.05) is 18.2 Å². The molecule has 1 unspecified atom stereocenters. The van der Waals surface area contributed by atoms with Crippen molar-refractivity contribution in [3.05, 3.63) is 36.5 Å². The molecule has 0 bridgehead atoms. The Balaban J connectivity index is 1.87. The highest BCUT2D eigenvalue weighted by atomic mass is 16.2. The van der Waals surface area contributed by atoms with E-state index in [9.17, 15) is 4.79 Å². The van der Waals surface area contributed by atoms with Crippen LogP contribution in [0.5, 0.6) is 0 Å². The SMILES string of the molecule is CC1(C(=O)Nc2cccc3cccnc23)CCCNC1. The maximum Gasteiger partial charge on any atom is 0.231 e. The van der Waals surface area contributed by atoms with Gasteiger partial charge in [0.15, 0.2) is 0 Å². The van der Waals surface area contributed by atoms with Gasteiger partial charge in [0, 0.05) is 18.1 Å². The minimum Gasteiger partial charge on any atom is -0.324 e. The van der Waals surface area contributed by atoms with Gasteiger partial charge in [-0.15, -0.1) is 0 Å². The van der Waals surface area contributed by atoms with E-state index in [0.717, 1.165) is 42.5 Å². The predicted octanol–water partition coefficient (Wildman–Crippen LogP) is 2.56. The standard InChI is InChI=1S/C16H19N3O/c1-16(8-4-9-17-11-16)15(20)19-13-7-2-5-12-6-3-10-18-14(12)13/h2-3,5-7,10,17H,4,8-9,11H2,1H3,(H,19,20). The monoisotopic (exact) mass is 269 g/mol. The number of hydrogen-bond donors (Lipinski definition) is 2. The number of para-hydroxylation sites is 1. The largest absolute Gasteiger partial charge is 0.324 e. The average Bonchev–Trinajstić information content (AvgIpc) is 2.48. The summed E-state index contributed by atoms with van der Waals surface area (Å²) in [4.78, 5) is 16.9. The zero-order valence-electron chi connectivity index (χ0n) is 11.6. The van der Waals surface area contributed by atoms with Gasteiger partial charge >= 0.3 is 0 Å². The lowest BCUT2D eigenvalue weighted by atomic mass is 9.82. The number of pyridine rings is 1. The van der Waals surface area contributed by atoms with Gasteiger partial charge in [-0.05, 0) is 38.4 Å². The van der Waals surface area contributed by atoms with Crippen molar-refractivity contribution in [1.29, 1.82) is 0 Å². The number of hydrogen-bond acceptors (Lipinski definition) is 3. The molecule has 0 aliphatic carbocycles. The Labute approximate surface area is 118 Å². The van der Waals surface area contributed by atoms with Crippen molar-refractivity contribution < 1.29 is 4.79 Å². The van der Waals surface area contributed by atoms with E-state index in [0.29, 0.717) is 0 Å². The third-order valence-electron chi connectivity index (χ3n) is 4.03. The lowest BCUT2D eigenvalue weighted by Crippen LogP contribution is -2.46. The lowest BCUT2D eigenvalue weighted by Gasteiger charge is -2.32. The second-order valence-corrected chi connectivity index (χ2v) is 5.68. The van der Waals surface area contributed by atoms with Crippen LogP contribution in [0.25, 0.3) is 10.9 Å². The quantitative estimate of drug-likeness (QED) is 0.881. The van der Waals surface area contributed by atoms with Crippen molar-refractivity contribution in [3.63, 3.8) is 0 Å². The van der Waals surface area contributed by atoms with Gasteiger partial charge in [-0.3, -0.25) is 9.78 Å². The number of nitrogens with one attached hydrogen (secondary N) is 2. The van der Waals surface area contributed by atoms with Gasteiger partial charge < -0.3 is 10.6 Å². The normalized spacial score (nSPS) is 22.6. The summed E-state index contributed by atoms with van der Waals surface area (Å²) < 4.78 is 0. The summed E-state index contributed by atoms with van der Waals surface area (Å²) in [6.45, 7) is 3.75. The molecule has 1 aliphatic heterocycles. The van der Waals surface area contributed by atoms with Crippen LogP contribution in [0.15, 0.2) is 36.5 Å². The zero-order chi connectivity index (χ0) is 14.0. The number of amides is 1. The molecule has 0 spiro atoms. The molecule has 1 fully saturated rings. The lowest BCUT2D eigenvalue weighted by molar-refractivity contribution is -0.125. The van der Waals surface area contributed by atoms with Crippen LogP contribution in [0.1, 0.15) is 19.8 Å². The summed E-state index contributed by atoms with van der Waals surface area (Å²) in [6, 6.07) is 9.76. The van der Waals surface area contributed by atoms with E-state index in [-0.39, 0.29) is 11.3 Å². The van der Waals surface area contributed by atoms with Crippen LogP contribution in [-0.4, -0.2) is 24.0 Å². The van der Waals surface area contributed by atoms with Crippen molar-refractivity contribution in [2.45, 2.75) is 19.8 Å². The van der Waals surface area contributed by atoms with Crippen molar-refractivity contribution in [2.75, 3.05) is 18.4 Å². The Morgan fingerprint density at radius 1 is 1.35 bits per heavy atom. The van der Waals surface area contributed by atoms with Gasteiger partial charge in [0.2, 0.25) is 5.91 Å². The molecule has 1 amide bonds. The molecule has 2 N–H and O–H groups in total. The first-order chi connectivity index (χ1) is 9.69. The van der Waals surface area contributed by atoms with Crippen molar-refractivity contribution >= 4 is 22.5 Å². The molecule has 1 saturated heterocycles. The topological polar surface area (TPSA) is 54.0 Å². The van der Waals surface area contributed by atoms with Crippen LogP contribution in [0.2, 0.25) is 0 Å². The van der Waals surface area contributed by atoms with Crippen molar-refractivity contribution in [2.24, 2.45) is 5.41 Å². The number of anilines is 1. The molecule has 1 aliphatic rings. The number of carbonyl (C=O) groups excluding carboxylic acids is 1. The molecule has 2 aromatic rings. The van der Waals surface area contributed by atoms with Gasteiger partial charge in [-0.25, -0.2) is 0 Å². The van der Waals surface area contributed by atoms with E-state index in [1.165, 1.54) is 0 Å². The fourth-order valence-corrected chi connectivity index (χ4v) is 2.73. The Bertz CT molecular complexity index is 627. The van der Waals surface area contributed by atoms with E-state index >= 15 is 0 Å². The molecule has 2 heterocycles. The van der Waals surface area contributed by atoms with E-state index in [2.05, 4.69) is 15.6 Å². The molecule has 4 nitrogen and oxygen atoms in total. The highest BCUT2D eigenvalue weighted by molar-refractivity contribution is 6.02. The van der Waals surface area contributed by atoms with Crippen molar-refractivity contribution in [3.8, 4) is 0 Å². The molecule has 3 rings (SSSR count). The number of aromatic nitrogens is 1. The van der Waals surface area contributed by atoms with E-state index in [4.69, 9.17) is 0 Å². The van der Waals surface area contributed by atoms with E-state index in [1.807, 2.05) is 37.3 Å². The summed E-state index contributed by atoms with van der Waals surface area (Å²) in [5, 5.41) is 7.40. The summed E-state index contributed by atoms with van der Waals surface area (Å²) >= 11 is 0. The maximum atomic E-state index is 12.6. The second kappa shape index (κ2) is 5.21. The number of nitrogens with zero attached hydrogens (tertiary/aromatic N) is 1. The fourth-order valence-electron chi connectivity index (χ4n) is 2.73. The molecular weight excluding hydrogens is 250 g/mol. The number of carbonyl (C=O) groups is 1. The van der Waals surface area contributed by atoms with Crippen LogP contribution in [0.3, 0.4) is 0 Å². The average molecular weight is 269 g/mol. The predicted molar refractivity (Wildman–Crippen MR) is 80.6 cm³/mol. The molecule has 104 valence electrons. The van der Waals surface area contributed by atoms with Crippen LogP contribution in [0.4, 0.5) is 5.69 Å². The number of piperidine rings is 1. The van der Waals surface area contributed by atoms with Crippen LogP contribution in [0, 0.1) is 5.41 Å². The number of rotatable bonds is 2. The van der Waals surface area contributed by atoms with Gasteiger partial charge in [-0.2, -0.15) is 0 Å². The first kappa shape index (κ1) is 13.1. The Morgan fingerprint density at radius 3 is 3.00 bits per heavy atom. The second-order valence-electron chi connectivity index (χ2n) is 5.68. The first-order valence-corrected chi connectivity index (χ1v) is 7.05. The Morgan fingerprint density at radius 2 is 2.20 bits per heavy atom. The zero-order valence-corrected chi connectivity index (χ0v) is 11.6. The Hall–Kier alpha value is -1.94. The maximum absolute atomic E-state index is 12.6. The molecule has 0 saturated carbocycles. The number of benzene rings is 1. The highest BCUT2D eigenvalue weighted by Gasteiger charge is 2.34. The molecule has 0 radical (unpaired) electrons. The number of fused-ring (bicyclic) bond motifs is 1. The van der Waals surface area contributed by atoms with E-state index in [1.54, 1.807) is 6.20 Å².